The number of carbonyl (C=O) groups excluding carboxylic acids is 1. The van der Waals surface area contributed by atoms with Gasteiger partial charge in [-0.1, -0.05) is 17.7 Å². The molecular formula is C14H21NO3. The summed E-state index contributed by atoms with van der Waals surface area (Å²) in [7, 11) is 3.34. The Morgan fingerprint density at radius 1 is 1.39 bits per heavy atom. The highest BCUT2D eigenvalue weighted by Crippen LogP contribution is 2.25. The summed E-state index contributed by atoms with van der Waals surface area (Å²) >= 11 is 0. The lowest BCUT2D eigenvalue weighted by Crippen LogP contribution is -2.31. The fraction of sp³-hybridized carbons (Fsp3) is 0.500. The normalized spacial score (nSPS) is 10.3. The molecule has 0 aliphatic rings. The number of likely N-dealkylation sites (N-methyl/N-ethyl adjacent to an activating group) is 1. The van der Waals surface area contributed by atoms with E-state index in [0.29, 0.717) is 13.0 Å². The quantitative estimate of drug-likeness (QED) is 0.858. The Morgan fingerprint density at radius 3 is 2.61 bits per heavy atom. The van der Waals surface area contributed by atoms with Gasteiger partial charge in [0.2, 0.25) is 5.91 Å². The molecule has 0 unspecified atom stereocenters. The van der Waals surface area contributed by atoms with Crippen LogP contribution in [0.1, 0.15) is 16.7 Å². The molecule has 0 heterocycles. The molecule has 4 heteroatoms. The van der Waals surface area contributed by atoms with E-state index in [4.69, 9.17) is 9.84 Å². The number of hydrogen-bond donors (Lipinski definition) is 1. The van der Waals surface area contributed by atoms with Crippen LogP contribution >= 0.6 is 0 Å². The van der Waals surface area contributed by atoms with Gasteiger partial charge in [-0.2, -0.15) is 0 Å². The van der Waals surface area contributed by atoms with Crippen molar-refractivity contribution in [1.29, 1.82) is 0 Å². The molecule has 0 radical (unpaired) electrons. The zero-order valence-electron chi connectivity index (χ0n) is 11.5. The van der Waals surface area contributed by atoms with Crippen molar-refractivity contribution in [3.63, 3.8) is 0 Å². The summed E-state index contributed by atoms with van der Waals surface area (Å²) in [4.78, 5) is 12.8. The summed E-state index contributed by atoms with van der Waals surface area (Å²) in [6.45, 7) is 4.18. The summed E-state index contributed by atoms with van der Waals surface area (Å²) < 4.78 is 5.40. The Morgan fingerprint density at radius 2 is 2.06 bits per heavy atom. The largest absolute Gasteiger partial charge is 0.496 e. The number of rotatable bonds is 5. The Kier molecular flexibility index (Phi) is 5.16. The monoisotopic (exact) mass is 251 g/mol. The van der Waals surface area contributed by atoms with Crippen LogP contribution < -0.4 is 4.74 Å². The molecular weight excluding hydrogens is 230 g/mol. The van der Waals surface area contributed by atoms with Crippen LogP contribution in [0.3, 0.4) is 0 Å². The molecule has 1 aromatic rings. The Hall–Kier alpha value is -1.55. The first-order valence-corrected chi connectivity index (χ1v) is 5.98. The van der Waals surface area contributed by atoms with Crippen molar-refractivity contribution in [2.75, 3.05) is 27.3 Å². The molecule has 0 fully saturated rings. The van der Waals surface area contributed by atoms with Gasteiger partial charge in [-0.25, -0.2) is 0 Å². The number of benzene rings is 1. The zero-order chi connectivity index (χ0) is 13.7. The van der Waals surface area contributed by atoms with Crippen molar-refractivity contribution in [3.8, 4) is 5.75 Å². The summed E-state index contributed by atoms with van der Waals surface area (Å²) in [6, 6.07) is 4.15. The lowest BCUT2D eigenvalue weighted by atomic mass is 10.0. The molecule has 0 spiro atoms. The van der Waals surface area contributed by atoms with E-state index in [2.05, 4.69) is 12.1 Å². The summed E-state index contributed by atoms with van der Waals surface area (Å²) in [5.74, 6) is 0.615. The van der Waals surface area contributed by atoms with E-state index in [0.717, 1.165) is 16.9 Å². The Labute approximate surface area is 108 Å². The van der Waals surface area contributed by atoms with E-state index in [-0.39, 0.29) is 5.91 Å². The topological polar surface area (TPSA) is 49.8 Å². The van der Waals surface area contributed by atoms with E-state index in [9.17, 15) is 4.79 Å². The third-order valence-electron chi connectivity index (χ3n) is 2.98. The van der Waals surface area contributed by atoms with Crippen molar-refractivity contribution in [3.05, 3.63) is 28.8 Å². The second-order valence-corrected chi connectivity index (χ2v) is 4.50. The Bertz CT molecular complexity index is 429. The van der Waals surface area contributed by atoms with Crippen LogP contribution in [0.4, 0.5) is 0 Å². The van der Waals surface area contributed by atoms with Crippen LogP contribution in [-0.4, -0.2) is 43.2 Å². The molecule has 0 aliphatic carbocycles. The molecule has 0 saturated heterocycles. The Balaban J connectivity index is 2.81. The van der Waals surface area contributed by atoms with Crippen LogP contribution in [0.25, 0.3) is 0 Å². The van der Waals surface area contributed by atoms with Crippen LogP contribution in [0, 0.1) is 13.8 Å². The van der Waals surface area contributed by atoms with Crippen LogP contribution in [0.15, 0.2) is 12.1 Å². The molecule has 1 amide bonds. The summed E-state index contributed by atoms with van der Waals surface area (Å²) in [5.41, 5.74) is 3.37. The molecule has 1 aromatic carbocycles. The standard InChI is InChI=1S/C14H21NO3/c1-10-7-11(2)14(18-4)12(8-10)5-6-15(3)13(17)9-16/h7-8,16H,5-6,9H2,1-4H3. The predicted molar refractivity (Wildman–Crippen MR) is 70.9 cm³/mol. The predicted octanol–water partition coefficient (Wildman–Crippen LogP) is 1.31. The number of nitrogens with zero attached hydrogens (tertiary/aromatic N) is 1. The number of methoxy groups -OCH3 is 1. The molecule has 0 atom stereocenters. The van der Waals surface area contributed by atoms with Gasteiger partial charge in [-0.15, -0.1) is 0 Å². The number of aliphatic hydroxyl groups excluding tert-OH is 1. The number of aliphatic hydroxyl groups is 1. The lowest BCUT2D eigenvalue weighted by Gasteiger charge is -2.18. The van der Waals surface area contributed by atoms with Crippen LogP contribution in [-0.2, 0) is 11.2 Å². The highest BCUT2D eigenvalue weighted by molar-refractivity contribution is 5.76. The molecule has 0 saturated carbocycles. The van der Waals surface area contributed by atoms with E-state index >= 15 is 0 Å². The fourth-order valence-corrected chi connectivity index (χ4v) is 2.05. The fourth-order valence-electron chi connectivity index (χ4n) is 2.05. The van der Waals surface area contributed by atoms with Gasteiger partial charge in [0.25, 0.3) is 0 Å². The van der Waals surface area contributed by atoms with E-state index < -0.39 is 6.61 Å². The number of hydrogen-bond acceptors (Lipinski definition) is 3. The summed E-state index contributed by atoms with van der Waals surface area (Å²) in [5, 5.41) is 8.78. The van der Waals surface area contributed by atoms with E-state index in [1.54, 1.807) is 14.2 Å². The number of amides is 1. The van der Waals surface area contributed by atoms with Gasteiger partial charge in [-0.05, 0) is 31.4 Å². The SMILES string of the molecule is COc1c(C)cc(C)cc1CCN(C)C(=O)CO. The molecule has 100 valence electrons. The molecule has 0 aromatic heterocycles. The maximum Gasteiger partial charge on any atom is 0.248 e. The van der Waals surface area contributed by atoms with Gasteiger partial charge < -0.3 is 14.7 Å². The first-order chi connectivity index (χ1) is 8.49. The van der Waals surface area contributed by atoms with Crippen LogP contribution in [0.2, 0.25) is 0 Å². The van der Waals surface area contributed by atoms with E-state index in [1.807, 2.05) is 13.8 Å². The van der Waals surface area contributed by atoms with Crippen LogP contribution in [0.5, 0.6) is 5.75 Å². The maximum absolute atomic E-state index is 11.3. The average Bonchev–Trinajstić information content (AvgIpc) is 2.34. The maximum atomic E-state index is 11.3. The minimum atomic E-state index is -0.444. The van der Waals surface area contributed by atoms with Gasteiger partial charge in [0.15, 0.2) is 0 Å². The van der Waals surface area contributed by atoms with Gasteiger partial charge in [0, 0.05) is 13.6 Å². The summed E-state index contributed by atoms with van der Waals surface area (Å²) in [6.07, 6.45) is 0.716. The third kappa shape index (κ3) is 3.47. The number of ether oxygens (including phenoxy) is 1. The van der Waals surface area contributed by atoms with Gasteiger partial charge >= 0.3 is 0 Å². The molecule has 1 rings (SSSR count). The molecule has 0 bridgehead atoms. The second-order valence-electron chi connectivity index (χ2n) is 4.50. The zero-order valence-corrected chi connectivity index (χ0v) is 11.5. The van der Waals surface area contributed by atoms with Crippen molar-refractivity contribution in [1.82, 2.24) is 4.90 Å². The van der Waals surface area contributed by atoms with Crippen molar-refractivity contribution >= 4 is 5.91 Å². The van der Waals surface area contributed by atoms with Crippen molar-refractivity contribution in [2.45, 2.75) is 20.3 Å². The molecule has 1 N–H and O–H groups in total. The minimum Gasteiger partial charge on any atom is -0.496 e. The first kappa shape index (κ1) is 14.5. The van der Waals surface area contributed by atoms with Gasteiger partial charge in [-0.3, -0.25) is 4.79 Å². The minimum absolute atomic E-state index is 0.265. The van der Waals surface area contributed by atoms with Crippen molar-refractivity contribution in [2.24, 2.45) is 0 Å². The molecule has 18 heavy (non-hydrogen) atoms. The lowest BCUT2D eigenvalue weighted by molar-refractivity contribution is -0.132. The van der Waals surface area contributed by atoms with E-state index in [1.165, 1.54) is 10.5 Å². The first-order valence-electron chi connectivity index (χ1n) is 5.98. The number of carbonyl (C=O) groups is 1. The molecule has 0 aliphatic heterocycles. The van der Waals surface area contributed by atoms with Crippen molar-refractivity contribution < 1.29 is 14.6 Å². The average molecular weight is 251 g/mol. The van der Waals surface area contributed by atoms with Gasteiger partial charge in [0.05, 0.1) is 7.11 Å². The number of aryl methyl sites for hydroxylation is 2. The second kappa shape index (κ2) is 6.40. The van der Waals surface area contributed by atoms with Gasteiger partial charge in [0.1, 0.15) is 12.4 Å². The molecule has 4 nitrogen and oxygen atoms in total. The highest BCUT2D eigenvalue weighted by atomic mass is 16.5. The smallest absolute Gasteiger partial charge is 0.248 e. The third-order valence-corrected chi connectivity index (χ3v) is 2.98. The highest BCUT2D eigenvalue weighted by Gasteiger charge is 2.11.